The summed E-state index contributed by atoms with van der Waals surface area (Å²) in [6.45, 7) is 10.3. The molecule has 0 saturated carbocycles. The molecule has 5 heteroatoms. The van der Waals surface area contributed by atoms with Gasteiger partial charge in [0.25, 0.3) is 0 Å². The van der Waals surface area contributed by atoms with Crippen LogP contribution in [-0.4, -0.2) is 56.6 Å². The molecule has 1 saturated heterocycles. The Morgan fingerprint density at radius 3 is 2.32 bits per heavy atom. The molecule has 1 aliphatic heterocycles. The van der Waals surface area contributed by atoms with Crippen LogP contribution >= 0.6 is 0 Å². The quantitative estimate of drug-likeness (QED) is 0.720. The highest BCUT2D eigenvalue weighted by Gasteiger charge is 2.21. The van der Waals surface area contributed by atoms with Crippen molar-refractivity contribution >= 4 is 10.0 Å². The summed E-state index contributed by atoms with van der Waals surface area (Å²) >= 11 is 0. The Bertz CT molecular complexity index is 346. The van der Waals surface area contributed by atoms with Gasteiger partial charge in [0.05, 0.1) is 5.75 Å². The number of nitrogens with zero attached hydrogens (tertiary/aromatic N) is 2. The third-order valence-electron chi connectivity index (χ3n) is 4.36. The second kappa shape index (κ2) is 7.60. The average Bonchev–Trinajstić information content (AvgIpc) is 2.39. The average molecular weight is 290 g/mol. The van der Waals surface area contributed by atoms with E-state index in [1.807, 2.05) is 0 Å². The summed E-state index contributed by atoms with van der Waals surface area (Å²) in [6, 6.07) is 0. The fourth-order valence-electron chi connectivity index (χ4n) is 2.72. The molecule has 0 bridgehead atoms. The molecule has 0 aliphatic carbocycles. The standard InChI is InChI=1S/C14H30N2O2S/c1-5-19(17,18)15(4)9-6-10-16-11-7-14(8-12-16)13(2)3/h13-14H,5-12H2,1-4H3. The van der Waals surface area contributed by atoms with Gasteiger partial charge in [-0.15, -0.1) is 0 Å². The van der Waals surface area contributed by atoms with E-state index in [2.05, 4.69) is 18.7 Å². The molecule has 4 nitrogen and oxygen atoms in total. The van der Waals surface area contributed by atoms with Crippen molar-refractivity contribution in [3.05, 3.63) is 0 Å². The highest BCUT2D eigenvalue weighted by molar-refractivity contribution is 7.89. The number of sulfonamides is 1. The van der Waals surface area contributed by atoms with Gasteiger partial charge in [0.15, 0.2) is 0 Å². The molecule has 0 unspecified atom stereocenters. The molecule has 0 N–H and O–H groups in total. The van der Waals surface area contributed by atoms with E-state index in [0.717, 1.165) is 24.8 Å². The zero-order valence-electron chi connectivity index (χ0n) is 12.9. The van der Waals surface area contributed by atoms with Gasteiger partial charge in [0, 0.05) is 13.6 Å². The Labute approximate surface area is 119 Å². The first kappa shape index (κ1) is 16.9. The van der Waals surface area contributed by atoms with Gasteiger partial charge in [-0.05, 0) is 57.7 Å². The van der Waals surface area contributed by atoms with Crippen molar-refractivity contribution < 1.29 is 8.42 Å². The summed E-state index contributed by atoms with van der Waals surface area (Å²) in [4.78, 5) is 2.48. The molecule has 0 radical (unpaired) electrons. The third kappa shape index (κ3) is 5.40. The van der Waals surface area contributed by atoms with Gasteiger partial charge < -0.3 is 4.90 Å². The molecule has 1 fully saturated rings. The molecule has 19 heavy (non-hydrogen) atoms. The second-order valence-electron chi connectivity index (χ2n) is 6.00. The molecule has 0 aromatic rings. The maximum absolute atomic E-state index is 11.6. The molecule has 0 atom stereocenters. The van der Waals surface area contributed by atoms with E-state index < -0.39 is 10.0 Å². The van der Waals surface area contributed by atoms with Crippen LogP contribution in [0.5, 0.6) is 0 Å². The SMILES string of the molecule is CCS(=O)(=O)N(C)CCCN1CCC(C(C)C)CC1. The van der Waals surface area contributed by atoms with Crippen molar-refractivity contribution in [3.8, 4) is 0 Å². The minimum atomic E-state index is -3.01. The van der Waals surface area contributed by atoms with Crippen LogP contribution in [-0.2, 0) is 10.0 Å². The van der Waals surface area contributed by atoms with Gasteiger partial charge in [0.2, 0.25) is 10.0 Å². The van der Waals surface area contributed by atoms with E-state index in [9.17, 15) is 8.42 Å². The maximum Gasteiger partial charge on any atom is 0.213 e. The van der Waals surface area contributed by atoms with Gasteiger partial charge in [-0.2, -0.15) is 0 Å². The van der Waals surface area contributed by atoms with E-state index in [1.54, 1.807) is 14.0 Å². The Balaban J connectivity index is 2.21. The lowest BCUT2D eigenvalue weighted by atomic mass is 9.87. The van der Waals surface area contributed by atoms with Crippen LogP contribution in [0.1, 0.15) is 40.0 Å². The lowest BCUT2D eigenvalue weighted by Gasteiger charge is -2.34. The Hall–Kier alpha value is -0.130. The zero-order valence-corrected chi connectivity index (χ0v) is 13.7. The van der Waals surface area contributed by atoms with Crippen molar-refractivity contribution in [1.82, 2.24) is 9.21 Å². The molecule has 0 aromatic heterocycles. The molecular weight excluding hydrogens is 260 g/mol. The van der Waals surface area contributed by atoms with E-state index in [-0.39, 0.29) is 5.75 Å². The second-order valence-corrected chi connectivity index (χ2v) is 8.36. The first-order valence-electron chi connectivity index (χ1n) is 7.53. The predicted molar refractivity (Wildman–Crippen MR) is 80.7 cm³/mol. The summed E-state index contributed by atoms with van der Waals surface area (Å²) in [5, 5.41) is 0. The van der Waals surface area contributed by atoms with E-state index in [0.29, 0.717) is 6.54 Å². The van der Waals surface area contributed by atoms with E-state index in [1.165, 1.54) is 30.2 Å². The fraction of sp³-hybridized carbons (Fsp3) is 1.00. The van der Waals surface area contributed by atoms with Crippen molar-refractivity contribution in [1.29, 1.82) is 0 Å². The molecule has 1 rings (SSSR count). The van der Waals surface area contributed by atoms with Crippen LogP contribution in [0.15, 0.2) is 0 Å². The van der Waals surface area contributed by atoms with Crippen LogP contribution in [0.2, 0.25) is 0 Å². The summed E-state index contributed by atoms with van der Waals surface area (Å²) < 4.78 is 24.7. The van der Waals surface area contributed by atoms with Crippen molar-refractivity contribution in [2.24, 2.45) is 11.8 Å². The fourth-order valence-corrected chi connectivity index (χ4v) is 3.57. The highest BCUT2D eigenvalue weighted by atomic mass is 32.2. The lowest BCUT2D eigenvalue weighted by Crippen LogP contribution is -2.37. The summed E-state index contributed by atoms with van der Waals surface area (Å²) in [5.41, 5.74) is 0. The van der Waals surface area contributed by atoms with E-state index in [4.69, 9.17) is 0 Å². The van der Waals surface area contributed by atoms with E-state index >= 15 is 0 Å². The highest BCUT2D eigenvalue weighted by Crippen LogP contribution is 2.24. The smallest absolute Gasteiger partial charge is 0.213 e. The molecule has 1 heterocycles. The molecule has 0 spiro atoms. The monoisotopic (exact) mass is 290 g/mol. The molecule has 1 aliphatic rings. The number of piperidine rings is 1. The van der Waals surface area contributed by atoms with Crippen LogP contribution in [0.3, 0.4) is 0 Å². The van der Waals surface area contributed by atoms with Gasteiger partial charge in [-0.1, -0.05) is 13.8 Å². The Morgan fingerprint density at radius 1 is 1.26 bits per heavy atom. The molecule has 114 valence electrons. The number of likely N-dealkylation sites (tertiary alicyclic amines) is 1. The lowest BCUT2D eigenvalue weighted by molar-refractivity contribution is 0.155. The van der Waals surface area contributed by atoms with Crippen molar-refractivity contribution in [2.75, 3.05) is 39.0 Å². The zero-order chi connectivity index (χ0) is 14.5. The van der Waals surface area contributed by atoms with Gasteiger partial charge in [-0.3, -0.25) is 0 Å². The maximum atomic E-state index is 11.6. The van der Waals surface area contributed by atoms with Crippen molar-refractivity contribution in [2.45, 2.75) is 40.0 Å². The molecule has 0 amide bonds. The van der Waals surface area contributed by atoms with Crippen LogP contribution in [0.4, 0.5) is 0 Å². The summed E-state index contributed by atoms with van der Waals surface area (Å²) in [5.74, 6) is 1.87. The van der Waals surface area contributed by atoms with Gasteiger partial charge in [-0.25, -0.2) is 12.7 Å². The summed E-state index contributed by atoms with van der Waals surface area (Å²) in [7, 11) is -1.32. The van der Waals surface area contributed by atoms with Crippen LogP contribution < -0.4 is 0 Å². The first-order valence-corrected chi connectivity index (χ1v) is 9.14. The minimum absolute atomic E-state index is 0.198. The summed E-state index contributed by atoms with van der Waals surface area (Å²) in [6.07, 6.45) is 3.52. The Morgan fingerprint density at radius 2 is 1.84 bits per heavy atom. The van der Waals surface area contributed by atoms with Gasteiger partial charge >= 0.3 is 0 Å². The third-order valence-corrected chi connectivity index (χ3v) is 6.22. The number of rotatable bonds is 7. The largest absolute Gasteiger partial charge is 0.303 e. The Kier molecular flexibility index (Phi) is 6.77. The van der Waals surface area contributed by atoms with Crippen molar-refractivity contribution in [3.63, 3.8) is 0 Å². The molecular formula is C14H30N2O2S. The first-order chi connectivity index (χ1) is 8.86. The molecule has 0 aromatic carbocycles. The topological polar surface area (TPSA) is 40.6 Å². The minimum Gasteiger partial charge on any atom is -0.303 e. The number of hydrogen-bond acceptors (Lipinski definition) is 3. The predicted octanol–water partition coefficient (Wildman–Crippen LogP) is 2.03. The normalized spacial score (nSPS) is 19.5. The van der Waals surface area contributed by atoms with Crippen LogP contribution in [0.25, 0.3) is 0 Å². The van der Waals surface area contributed by atoms with Gasteiger partial charge in [0.1, 0.15) is 0 Å². The number of hydrogen-bond donors (Lipinski definition) is 0. The van der Waals surface area contributed by atoms with Crippen LogP contribution in [0, 0.1) is 11.8 Å².